The van der Waals surface area contributed by atoms with E-state index in [0.717, 1.165) is 5.56 Å². The van der Waals surface area contributed by atoms with E-state index in [-0.39, 0.29) is 12.5 Å². The van der Waals surface area contributed by atoms with Gasteiger partial charge < -0.3 is 14.4 Å². The number of rotatable bonds is 6. The van der Waals surface area contributed by atoms with Gasteiger partial charge in [0, 0.05) is 25.6 Å². The Morgan fingerprint density at radius 2 is 1.91 bits per heavy atom. The number of nitrogens with zero attached hydrogens (tertiary/aromatic N) is 1. The third kappa shape index (κ3) is 3.72. The topological polar surface area (TPSA) is 55.8 Å². The first kappa shape index (κ1) is 17.9. The van der Waals surface area contributed by atoms with E-state index in [1.165, 1.54) is 4.90 Å². The second-order valence-electron chi connectivity index (χ2n) is 5.85. The molecule has 0 N–H and O–H groups in total. The Morgan fingerprint density at radius 3 is 2.48 bits per heavy atom. The summed E-state index contributed by atoms with van der Waals surface area (Å²) < 4.78 is 9.20. The fourth-order valence-corrected chi connectivity index (χ4v) is 2.88. The highest BCUT2D eigenvalue weighted by molar-refractivity contribution is 6.53. The van der Waals surface area contributed by atoms with Gasteiger partial charge in [-0.25, -0.2) is 0 Å². The Balaban J connectivity index is 1.87. The Morgan fingerprint density at radius 1 is 1.30 bits per heavy atom. The molecule has 0 bridgehead atoms. The number of esters is 1. The van der Waals surface area contributed by atoms with E-state index in [1.807, 2.05) is 24.3 Å². The van der Waals surface area contributed by atoms with Crippen LogP contribution in [0.3, 0.4) is 0 Å². The van der Waals surface area contributed by atoms with E-state index in [0.29, 0.717) is 18.7 Å². The fourth-order valence-electron chi connectivity index (χ4n) is 2.20. The van der Waals surface area contributed by atoms with Crippen LogP contribution in [0.5, 0.6) is 5.75 Å². The van der Waals surface area contributed by atoms with Gasteiger partial charge in [0.25, 0.3) is 5.91 Å². The van der Waals surface area contributed by atoms with E-state index < -0.39 is 15.7 Å². The van der Waals surface area contributed by atoms with Crippen LogP contribution in [0.4, 0.5) is 0 Å². The second kappa shape index (κ2) is 6.57. The number of hydrogen-bond acceptors (Lipinski definition) is 4. The Kier molecular flexibility index (Phi) is 5.11. The molecule has 1 aliphatic carbocycles. The van der Waals surface area contributed by atoms with Crippen LogP contribution in [-0.4, -0.2) is 41.9 Å². The number of para-hydroxylation sites is 1. The van der Waals surface area contributed by atoms with E-state index in [1.54, 1.807) is 21.1 Å². The number of benzene rings is 1. The first-order valence-corrected chi connectivity index (χ1v) is 7.88. The number of hydrogen-bond donors (Lipinski definition) is 0. The molecule has 0 radical (unpaired) electrons. The molecule has 1 aromatic rings. The van der Waals surface area contributed by atoms with Crippen molar-refractivity contribution < 1.29 is 19.1 Å². The van der Waals surface area contributed by atoms with Gasteiger partial charge in [-0.3, -0.25) is 9.59 Å². The predicted octanol–water partition coefficient (Wildman–Crippen LogP) is 2.78. The SMILES string of the molecule is COc1ccccc1CN(C)C(=O)COC(=O)C1(C)CC1(Cl)Cl. The number of carbonyl (C=O) groups is 2. The van der Waals surface area contributed by atoms with Crippen molar-refractivity contribution in [3.8, 4) is 5.75 Å². The van der Waals surface area contributed by atoms with Crippen LogP contribution >= 0.6 is 23.2 Å². The number of likely N-dealkylation sites (N-methyl/N-ethyl adjacent to an activating group) is 1. The van der Waals surface area contributed by atoms with Crippen LogP contribution in [0.1, 0.15) is 18.9 Å². The van der Waals surface area contributed by atoms with Crippen molar-refractivity contribution in [2.75, 3.05) is 20.8 Å². The first-order chi connectivity index (χ1) is 10.7. The largest absolute Gasteiger partial charge is 0.496 e. The lowest BCUT2D eigenvalue weighted by Gasteiger charge is -2.19. The molecule has 1 aromatic carbocycles. The normalized spacial score (nSPS) is 21.4. The Bertz CT molecular complexity index is 620. The number of alkyl halides is 2. The maximum atomic E-state index is 12.1. The summed E-state index contributed by atoms with van der Waals surface area (Å²) in [6.45, 7) is 1.63. The van der Waals surface area contributed by atoms with E-state index >= 15 is 0 Å². The first-order valence-electron chi connectivity index (χ1n) is 7.12. The molecule has 0 spiro atoms. The molecule has 1 atom stereocenters. The van der Waals surface area contributed by atoms with Gasteiger partial charge in [-0.2, -0.15) is 0 Å². The Labute approximate surface area is 145 Å². The lowest BCUT2D eigenvalue weighted by Crippen LogP contribution is -2.32. The zero-order chi connectivity index (χ0) is 17.3. The summed E-state index contributed by atoms with van der Waals surface area (Å²) in [5.74, 6) is -0.173. The number of ether oxygens (including phenoxy) is 2. The minimum atomic E-state index is -1.10. The molecular formula is C16H19Cl2NO4. The van der Waals surface area contributed by atoms with Gasteiger partial charge in [-0.15, -0.1) is 23.2 Å². The molecule has 0 saturated heterocycles. The summed E-state index contributed by atoms with van der Waals surface area (Å²) >= 11 is 11.8. The van der Waals surface area contributed by atoms with Crippen LogP contribution in [0.25, 0.3) is 0 Å². The van der Waals surface area contributed by atoms with E-state index in [4.69, 9.17) is 32.7 Å². The van der Waals surface area contributed by atoms with Gasteiger partial charge in [0.1, 0.15) is 15.5 Å². The predicted molar refractivity (Wildman–Crippen MR) is 87.6 cm³/mol. The zero-order valence-electron chi connectivity index (χ0n) is 13.3. The summed E-state index contributed by atoms with van der Waals surface area (Å²) in [4.78, 5) is 25.5. The fraction of sp³-hybridized carbons (Fsp3) is 0.500. The molecule has 23 heavy (non-hydrogen) atoms. The molecule has 1 amide bonds. The number of methoxy groups -OCH3 is 1. The van der Waals surface area contributed by atoms with Crippen LogP contribution in [0, 0.1) is 5.41 Å². The molecule has 1 unspecified atom stereocenters. The number of halogens is 2. The lowest BCUT2D eigenvalue weighted by atomic mass is 10.1. The zero-order valence-corrected chi connectivity index (χ0v) is 14.8. The summed E-state index contributed by atoms with van der Waals surface area (Å²) in [6.07, 6.45) is 0.327. The van der Waals surface area contributed by atoms with Crippen LogP contribution in [0.15, 0.2) is 24.3 Å². The molecule has 5 nitrogen and oxygen atoms in total. The average Bonchev–Trinajstić information content (AvgIpc) is 3.04. The molecule has 1 aliphatic rings. The highest BCUT2D eigenvalue weighted by Gasteiger charge is 2.69. The van der Waals surface area contributed by atoms with Crippen molar-refractivity contribution in [1.82, 2.24) is 4.90 Å². The van der Waals surface area contributed by atoms with Crippen molar-refractivity contribution in [2.24, 2.45) is 5.41 Å². The molecular weight excluding hydrogens is 341 g/mol. The molecule has 0 aliphatic heterocycles. The summed E-state index contributed by atoms with van der Waals surface area (Å²) in [6, 6.07) is 7.41. The maximum Gasteiger partial charge on any atom is 0.315 e. The monoisotopic (exact) mass is 359 g/mol. The molecule has 0 heterocycles. The van der Waals surface area contributed by atoms with Gasteiger partial charge >= 0.3 is 5.97 Å². The van der Waals surface area contributed by atoms with Crippen molar-refractivity contribution in [3.05, 3.63) is 29.8 Å². The van der Waals surface area contributed by atoms with Gasteiger partial charge in [0.05, 0.1) is 7.11 Å². The van der Waals surface area contributed by atoms with Gasteiger partial charge in [0.15, 0.2) is 6.61 Å². The quantitative estimate of drug-likeness (QED) is 0.578. The standard InChI is InChI=1S/C16H19Cl2NO4/c1-15(10-16(15,17)18)14(21)23-9-13(20)19(2)8-11-6-4-5-7-12(11)22-3/h4-7H,8-10H2,1-3H3. The van der Waals surface area contributed by atoms with Crippen molar-refractivity contribution in [1.29, 1.82) is 0 Å². The average molecular weight is 360 g/mol. The minimum Gasteiger partial charge on any atom is -0.496 e. The van der Waals surface area contributed by atoms with Crippen LogP contribution in [-0.2, 0) is 20.9 Å². The van der Waals surface area contributed by atoms with E-state index in [9.17, 15) is 9.59 Å². The van der Waals surface area contributed by atoms with Gasteiger partial charge in [0.2, 0.25) is 0 Å². The van der Waals surface area contributed by atoms with Gasteiger partial charge in [-0.05, 0) is 13.0 Å². The molecule has 1 saturated carbocycles. The summed E-state index contributed by atoms with van der Waals surface area (Å²) in [7, 11) is 3.21. The van der Waals surface area contributed by atoms with Crippen molar-refractivity contribution >= 4 is 35.1 Å². The minimum absolute atomic E-state index is 0.316. The highest BCUT2D eigenvalue weighted by Crippen LogP contribution is 2.64. The third-order valence-corrected chi connectivity index (χ3v) is 5.16. The summed E-state index contributed by atoms with van der Waals surface area (Å²) in [5.41, 5.74) is -0.0655. The number of carbonyl (C=O) groups excluding carboxylic acids is 2. The van der Waals surface area contributed by atoms with Crippen molar-refractivity contribution in [3.63, 3.8) is 0 Å². The Hall–Kier alpha value is -1.46. The maximum absolute atomic E-state index is 12.1. The molecule has 126 valence electrons. The van der Waals surface area contributed by atoms with Crippen LogP contribution in [0.2, 0.25) is 0 Å². The molecule has 0 aromatic heterocycles. The summed E-state index contributed by atoms with van der Waals surface area (Å²) in [5, 5.41) is 0. The van der Waals surface area contributed by atoms with Gasteiger partial charge in [-0.1, -0.05) is 18.2 Å². The highest BCUT2D eigenvalue weighted by atomic mass is 35.5. The van der Waals surface area contributed by atoms with Crippen molar-refractivity contribution in [2.45, 2.75) is 24.2 Å². The molecule has 2 rings (SSSR count). The molecule has 7 heteroatoms. The molecule has 1 fully saturated rings. The second-order valence-corrected chi connectivity index (χ2v) is 7.34. The van der Waals surface area contributed by atoms with E-state index in [2.05, 4.69) is 0 Å². The number of amides is 1. The van der Waals surface area contributed by atoms with Crippen LogP contribution < -0.4 is 4.74 Å². The smallest absolute Gasteiger partial charge is 0.315 e. The lowest BCUT2D eigenvalue weighted by molar-refractivity contribution is -0.156. The third-order valence-electron chi connectivity index (χ3n) is 4.06.